The average molecular weight is 418 g/mol. The van der Waals surface area contributed by atoms with Gasteiger partial charge in [-0.2, -0.15) is 4.98 Å². The van der Waals surface area contributed by atoms with Gasteiger partial charge in [0.15, 0.2) is 0 Å². The van der Waals surface area contributed by atoms with Gasteiger partial charge in [0.2, 0.25) is 11.9 Å². The summed E-state index contributed by atoms with van der Waals surface area (Å²) >= 11 is 0. The number of hydrogen-bond donors (Lipinski definition) is 4. The Morgan fingerprint density at radius 1 is 1.32 bits per heavy atom. The van der Waals surface area contributed by atoms with Crippen molar-refractivity contribution in [1.82, 2.24) is 9.97 Å². The van der Waals surface area contributed by atoms with Gasteiger partial charge in [-0.15, -0.1) is 6.42 Å². The zero-order valence-electron chi connectivity index (χ0n) is 17.6. The van der Waals surface area contributed by atoms with Crippen molar-refractivity contribution < 1.29 is 9.90 Å². The van der Waals surface area contributed by atoms with Crippen molar-refractivity contribution in [2.24, 2.45) is 5.41 Å². The third kappa shape index (κ3) is 3.72. The normalized spacial score (nSPS) is 30.5. The van der Waals surface area contributed by atoms with E-state index in [4.69, 9.17) is 6.42 Å². The Hall–Kier alpha value is -3.11. The fraction of sp³-hybridized carbons (Fsp3) is 0.458. The summed E-state index contributed by atoms with van der Waals surface area (Å²) in [5.74, 6) is 3.66. The summed E-state index contributed by atoms with van der Waals surface area (Å²) in [4.78, 5) is 21.2. The first-order valence-electron chi connectivity index (χ1n) is 10.8. The lowest BCUT2D eigenvalue weighted by molar-refractivity contribution is -0.154. The number of carbonyl (C=O) groups is 1. The van der Waals surface area contributed by atoms with Crippen LogP contribution in [-0.2, 0) is 4.79 Å². The summed E-state index contributed by atoms with van der Waals surface area (Å²) in [7, 11) is 0. The standard InChI is InChI=1S/C24H27N5O2/c1-3-15-12-26-22(25-9-8-18-17-6-4-5-7-19(17)28-21(18)30)29-20(15)27-16-10-24(11-16)13-23(2,31)14-24/h1,4-7,12,16,18,31H,8-11,13-14H2,2H3,(H,28,30)(H2,25,26,27,29)/t16-,18?,23-,24?. The van der Waals surface area contributed by atoms with Crippen LogP contribution in [0.1, 0.15) is 56.1 Å². The molecule has 7 heteroatoms. The molecule has 1 spiro atoms. The van der Waals surface area contributed by atoms with Gasteiger partial charge >= 0.3 is 0 Å². The van der Waals surface area contributed by atoms with E-state index in [1.54, 1.807) is 6.20 Å². The molecule has 3 aliphatic rings. The molecule has 2 saturated carbocycles. The summed E-state index contributed by atoms with van der Waals surface area (Å²) in [6.07, 6.45) is 11.7. The van der Waals surface area contributed by atoms with Crippen molar-refractivity contribution in [2.75, 3.05) is 22.5 Å². The van der Waals surface area contributed by atoms with Gasteiger partial charge in [-0.1, -0.05) is 24.1 Å². The second kappa shape index (κ2) is 7.24. The highest BCUT2D eigenvalue weighted by atomic mass is 16.3. The van der Waals surface area contributed by atoms with Crippen LogP contribution >= 0.6 is 0 Å². The number of terminal acetylenes is 1. The first kappa shape index (κ1) is 19.8. The number of rotatable bonds is 6. The van der Waals surface area contributed by atoms with Crippen molar-refractivity contribution in [3.8, 4) is 12.3 Å². The molecule has 31 heavy (non-hydrogen) atoms. The fourth-order valence-corrected chi connectivity index (χ4v) is 5.71. The lowest BCUT2D eigenvalue weighted by Crippen LogP contribution is -2.59. The number of nitrogens with one attached hydrogen (secondary N) is 3. The van der Waals surface area contributed by atoms with E-state index in [1.165, 1.54) is 0 Å². The Morgan fingerprint density at radius 2 is 2.10 bits per heavy atom. The van der Waals surface area contributed by atoms with E-state index in [0.717, 1.165) is 36.9 Å². The third-order valence-electron chi connectivity index (χ3n) is 6.78. The van der Waals surface area contributed by atoms with Crippen LogP contribution in [0.4, 0.5) is 17.5 Å². The van der Waals surface area contributed by atoms with Gasteiger partial charge in [0.1, 0.15) is 5.82 Å². The summed E-state index contributed by atoms with van der Waals surface area (Å²) in [6, 6.07) is 8.10. The molecule has 0 radical (unpaired) electrons. The van der Waals surface area contributed by atoms with Crippen LogP contribution in [0.2, 0.25) is 0 Å². The Balaban J connectivity index is 1.19. The molecule has 4 N–H and O–H groups in total. The van der Waals surface area contributed by atoms with Crippen LogP contribution in [0, 0.1) is 17.8 Å². The maximum absolute atomic E-state index is 12.3. The Morgan fingerprint density at radius 3 is 2.84 bits per heavy atom. The number of amides is 1. The van der Waals surface area contributed by atoms with E-state index in [1.807, 2.05) is 31.2 Å². The summed E-state index contributed by atoms with van der Waals surface area (Å²) in [6.45, 7) is 2.48. The molecule has 160 valence electrons. The highest BCUT2D eigenvalue weighted by molar-refractivity contribution is 6.02. The number of aliphatic hydroxyl groups is 1. The molecule has 1 aromatic carbocycles. The fourth-order valence-electron chi connectivity index (χ4n) is 5.71. The smallest absolute Gasteiger partial charge is 0.232 e. The van der Waals surface area contributed by atoms with Gasteiger partial charge in [-0.25, -0.2) is 4.98 Å². The number of carbonyl (C=O) groups excluding carboxylic acids is 1. The third-order valence-corrected chi connectivity index (χ3v) is 6.78. The number of para-hydroxylation sites is 1. The molecule has 2 heterocycles. The first-order chi connectivity index (χ1) is 14.9. The number of benzene rings is 1. The molecule has 1 aliphatic heterocycles. The lowest BCUT2D eigenvalue weighted by atomic mass is 9.48. The topological polar surface area (TPSA) is 99.2 Å². The van der Waals surface area contributed by atoms with Gasteiger partial charge in [0, 0.05) is 18.3 Å². The Kier molecular flexibility index (Phi) is 4.63. The maximum atomic E-state index is 12.3. The molecule has 7 nitrogen and oxygen atoms in total. The number of aromatic nitrogens is 2. The minimum absolute atomic E-state index is 0.0304. The van der Waals surface area contributed by atoms with E-state index in [-0.39, 0.29) is 17.2 Å². The van der Waals surface area contributed by atoms with Crippen molar-refractivity contribution in [3.63, 3.8) is 0 Å². The highest BCUT2D eigenvalue weighted by Crippen LogP contribution is 2.60. The Labute approximate surface area is 182 Å². The van der Waals surface area contributed by atoms with Crippen molar-refractivity contribution in [3.05, 3.63) is 41.6 Å². The predicted molar refractivity (Wildman–Crippen MR) is 120 cm³/mol. The molecule has 1 aromatic heterocycles. The number of hydrogen-bond acceptors (Lipinski definition) is 6. The second-order valence-corrected chi connectivity index (χ2v) is 9.54. The van der Waals surface area contributed by atoms with Crippen LogP contribution in [0.25, 0.3) is 0 Å². The summed E-state index contributed by atoms with van der Waals surface area (Å²) < 4.78 is 0. The molecule has 1 atom stereocenters. The Bertz CT molecular complexity index is 1060. The summed E-state index contributed by atoms with van der Waals surface area (Å²) in [5.41, 5.74) is 2.34. The molecule has 0 saturated heterocycles. The van der Waals surface area contributed by atoms with E-state index >= 15 is 0 Å². The van der Waals surface area contributed by atoms with Gasteiger partial charge in [-0.05, 0) is 56.1 Å². The van der Waals surface area contributed by atoms with Crippen molar-refractivity contribution >= 4 is 23.4 Å². The minimum atomic E-state index is -0.502. The van der Waals surface area contributed by atoms with Crippen LogP contribution < -0.4 is 16.0 Å². The van der Waals surface area contributed by atoms with Gasteiger partial charge < -0.3 is 21.1 Å². The van der Waals surface area contributed by atoms with Crippen LogP contribution in [0.15, 0.2) is 30.5 Å². The molecule has 0 bridgehead atoms. The van der Waals surface area contributed by atoms with Crippen molar-refractivity contribution in [2.45, 2.75) is 56.6 Å². The second-order valence-electron chi connectivity index (χ2n) is 9.54. The highest BCUT2D eigenvalue weighted by Gasteiger charge is 2.57. The molecule has 2 aliphatic carbocycles. The molecule has 1 unspecified atom stereocenters. The average Bonchev–Trinajstić information content (AvgIpc) is 3.01. The van der Waals surface area contributed by atoms with Crippen molar-refractivity contribution in [1.29, 1.82) is 0 Å². The van der Waals surface area contributed by atoms with E-state index < -0.39 is 5.60 Å². The number of fused-ring (bicyclic) bond motifs is 1. The van der Waals surface area contributed by atoms with Crippen LogP contribution in [0.5, 0.6) is 0 Å². The quantitative estimate of drug-likeness (QED) is 0.539. The SMILES string of the molecule is C#Cc1cnc(NCCC2C(=O)Nc3ccccc32)nc1N[C@H]1CC2(C1)C[C@](C)(O)C2. The molecular weight excluding hydrogens is 390 g/mol. The lowest BCUT2D eigenvalue weighted by Gasteiger charge is -2.60. The number of nitrogens with zero attached hydrogens (tertiary/aromatic N) is 2. The van der Waals surface area contributed by atoms with Crippen LogP contribution in [-0.4, -0.2) is 39.2 Å². The summed E-state index contributed by atoms with van der Waals surface area (Å²) in [5, 5.41) is 19.7. The predicted octanol–water partition coefficient (Wildman–Crippen LogP) is 3.10. The zero-order valence-corrected chi connectivity index (χ0v) is 17.6. The van der Waals surface area contributed by atoms with Gasteiger partial charge in [0.05, 0.1) is 23.3 Å². The molecule has 1 amide bonds. The number of anilines is 3. The molecule has 5 rings (SSSR count). The molecule has 2 fully saturated rings. The van der Waals surface area contributed by atoms with Gasteiger partial charge in [0.25, 0.3) is 0 Å². The van der Waals surface area contributed by atoms with Crippen LogP contribution in [0.3, 0.4) is 0 Å². The maximum Gasteiger partial charge on any atom is 0.232 e. The first-order valence-corrected chi connectivity index (χ1v) is 10.8. The largest absolute Gasteiger partial charge is 0.390 e. The van der Waals surface area contributed by atoms with E-state index in [0.29, 0.717) is 36.3 Å². The minimum Gasteiger partial charge on any atom is -0.390 e. The van der Waals surface area contributed by atoms with E-state index in [9.17, 15) is 9.90 Å². The molecule has 2 aromatic rings. The van der Waals surface area contributed by atoms with E-state index in [2.05, 4.69) is 31.8 Å². The molecular formula is C24H27N5O2. The monoisotopic (exact) mass is 417 g/mol. The zero-order chi connectivity index (χ0) is 21.6. The van der Waals surface area contributed by atoms with Gasteiger partial charge in [-0.3, -0.25) is 4.79 Å².